The van der Waals surface area contributed by atoms with Gasteiger partial charge in [-0.2, -0.15) is 10.3 Å². The van der Waals surface area contributed by atoms with Crippen LogP contribution in [-0.2, 0) is 17.6 Å². The van der Waals surface area contributed by atoms with E-state index in [1.165, 1.54) is 29.5 Å². The van der Waals surface area contributed by atoms with Crippen LogP contribution in [0.1, 0.15) is 62.1 Å². The van der Waals surface area contributed by atoms with Crippen molar-refractivity contribution in [3.05, 3.63) is 34.9 Å². The van der Waals surface area contributed by atoms with Gasteiger partial charge in [0.2, 0.25) is 6.19 Å². The molecule has 0 heterocycles. The Hall–Kier alpha value is -1.66. The van der Waals surface area contributed by atoms with Crippen LogP contribution in [0.2, 0.25) is 0 Å². The quantitative estimate of drug-likeness (QED) is 0.772. The van der Waals surface area contributed by atoms with E-state index in [2.05, 4.69) is 36.3 Å². The fourth-order valence-corrected chi connectivity index (χ4v) is 4.29. The fraction of sp³-hybridized carbons (Fsp3) is 0.600. The molecule has 3 heteroatoms. The highest BCUT2D eigenvalue weighted by Crippen LogP contribution is 2.48. The van der Waals surface area contributed by atoms with Crippen LogP contribution in [0.4, 0.5) is 0 Å². The monoisotopic (exact) mass is 310 g/mol. The summed E-state index contributed by atoms with van der Waals surface area (Å²) in [6.45, 7) is 2.22. The van der Waals surface area contributed by atoms with E-state index >= 15 is 0 Å². The van der Waals surface area contributed by atoms with Crippen molar-refractivity contribution in [2.45, 2.75) is 64.4 Å². The van der Waals surface area contributed by atoms with Crippen molar-refractivity contribution in [1.29, 1.82) is 5.26 Å². The molecule has 0 aromatic heterocycles. The zero-order valence-corrected chi connectivity index (χ0v) is 14.3. The van der Waals surface area contributed by atoms with Crippen LogP contribution in [0.5, 0.6) is 0 Å². The smallest absolute Gasteiger partial charge is 0.205 e. The highest BCUT2D eigenvalue weighted by molar-refractivity contribution is 6.09. The van der Waals surface area contributed by atoms with Crippen molar-refractivity contribution in [2.75, 3.05) is 7.11 Å². The van der Waals surface area contributed by atoms with E-state index in [1.54, 1.807) is 7.11 Å². The Balaban J connectivity index is 1.91. The number of unbranched alkanes of at least 4 members (excludes halogenated alkanes) is 1. The molecule has 1 saturated carbocycles. The maximum Gasteiger partial charge on any atom is 0.205 e. The van der Waals surface area contributed by atoms with Gasteiger partial charge in [0.05, 0.1) is 11.8 Å². The van der Waals surface area contributed by atoms with Gasteiger partial charge in [0, 0.05) is 18.1 Å². The second kappa shape index (κ2) is 6.84. The van der Waals surface area contributed by atoms with Gasteiger partial charge in [-0.3, -0.25) is 0 Å². The van der Waals surface area contributed by atoms with Gasteiger partial charge in [-0.15, -0.1) is 0 Å². The molecule has 0 saturated heterocycles. The van der Waals surface area contributed by atoms with E-state index in [1.807, 2.05) is 0 Å². The lowest BCUT2D eigenvalue weighted by Gasteiger charge is -2.36. The summed E-state index contributed by atoms with van der Waals surface area (Å²) in [5.41, 5.74) is 5.09. The third-order valence-corrected chi connectivity index (χ3v) is 5.66. The number of aryl methyl sites for hydroxylation is 1. The molecule has 0 N–H and O–H groups in total. The lowest BCUT2D eigenvalue weighted by molar-refractivity contribution is 0.0468. The van der Waals surface area contributed by atoms with Gasteiger partial charge >= 0.3 is 0 Å². The lowest BCUT2D eigenvalue weighted by Crippen LogP contribution is -2.35. The molecule has 1 spiro atoms. The Labute approximate surface area is 139 Å². The van der Waals surface area contributed by atoms with Crippen molar-refractivity contribution in [1.82, 2.24) is 0 Å². The van der Waals surface area contributed by atoms with Crippen molar-refractivity contribution in [3.63, 3.8) is 0 Å². The van der Waals surface area contributed by atoms with Crippen LogP contribution in [-0.4, -0.2) is 18.9 Å². The molecule has 122 valence electrons. The average Bonchev–Trinajstić information content (AvgIpc) is 2.87. The molecular formula is C20H26N2O. The third kappa shape index (κ3) is 3.05. The molecule has 3 rings (SSSR count). The van der Waals surface area contributed by atoms with Crippen molar-refractivity contribution in [3.8, 4) is 6.19 Å². The van der Waals surface area contributed by atoms with Crippen LogP contribution in [0.25, 0.3) is 0 Å². The van der Waals surface area contributed by atoms with Crippen molar-refractivity contribution < 1.29 is 4.74 Å². The Morgan fingerprint density at radius 3 is 2.78 bits per heavy atom. The molecular weight excluding hydrogens is 284 g/mol. The molecule has 1 aromatic rings. The molecule has 0 amide bonds. The van der Waals surface area contributed by atoms with E-state index in [9.17, 15) is 5.26 Å². The van der Waals surface area contributed by atoms with Crippen LogP contribution in [0.15, 0.2) is 23.2 Å². The second-order valence-electron chi connectivity index (χ2n) is 7.05. The number of rotatable bonds is 4. The fourth-order valence-electron chi connectivity index (χ4n) is 4.29. The summed E-state index contributed by atoms with van der Waals surface area (Å²) >= 11 is 0. The van der Waals surface area contributed by atoms with Crippen LogP contribution < -0.4 is 0 Å². The third-order valence-electron chi connectivity index (χ3n) is 5.66. The Morgan fingerprint density at radius 2 is 2.13 bits per heavy atom. The molecule has 0 aliphatic heterocycles. The summed E-state index contributed by atoms with van der Waals surface area (Å²) < 4.78 is 5.52. The summed E-state index contributed by atoms with van der Waals surface area (Å²) in [5.74, 6) is 0. The van der Waals surface area contributed by atoms with E-state index in [4.69, 9.17) is 4.74 Å². The number of ether oxygens (including phenoxy) is 1. The molecule has 0 atom stereocenters. The Bertz CT molecular complexity index is 634. The van der Waals surface area contributed by atoms with Crippen LogP contribution >= 0.6 is 0 Å². The number of hydrogen-bond donors (Lipinski definition) is 0. The van der Waals surface area contributed by atoms with E-state index < -0.39 is 0 Å². The first-order valence-electron chi connectivity index (χ1n) is 8.84. The van der Waals surface area contributed by atoms with Crippen molar-refractivity contribution >= 4 is 5.71 Å². The van der Waals surface area contributed by atoms with E-state index in [0.29, 0.717) is 6.10 Å². The average molecular weight is 310 g/mol. The summed E-state index contributed by atoms with van der Waals surface area (Å²) in [5, 5.41) is 9.21. The molecule has 1 aromatic carbocycles. The number of fused-ring (bicyclic) bond motifs is 1. The first-order valence-corrected chi connectivity index (χ1v) is 8.84. The summed E-state index contributed by atoms with van der Waals surface area (Å²) in [7, 11) is 1.80. The first-order chi connectivity index (χ1) is 11.2. The predicted octanol–water partition coefficient (Wildman–Crippen LogP) is 4.43. The summed E-state index contributed by atoms with van der Waals surface area (Å²) in [6, 6.07) is 6.82. The van der Waals surface area contributed by atoms with Gasteiger partial charge in [-0.1, -0.05) is 25.5 Å². The topological polar surface area (TPSA) is 45.4 Å². The van der Waals surface area contributed by atoms with Crippen LogP contribution in [0.3, 0.4) is 0 Å². The van der Waals surface area contributed by atoms with Gasteiger partial charge in [-0.25, -0.2) is 0 Å². The number of methoxy groups -OCH3 is 1. The number of nitriles is 1. The maximum atomic E-state index is 9.21. The zero-order valence-electron chi connectivity index (χ0n) is 14.3. The summed E-state index contributed by atoms with van der Waals surface area (Å²) in [6.07, 6.45) is 11.3. The van der Waals surface area contributed by atoms with Crippen LogP contribution in [0, 0.1) is 16.9 Å². The zero-order chi connectivity index (χ0) is 16.3. The number of nitrogens with zero attached hydrogens (tertiary/aromatic N) is 2. The highest BCUT2D eigenvalue weighted by atomic mass is 16.5. The van der Waals surface area contributed by atoms with Gasteiger partial charge < -0.3 is 4.74 Å². The summed E-state index contributed by atoms with van der Waals surface area (Å²) in [4.78, 5) is 4.30. The Morgan fingerprint density at radius 1 is 1.35 bits per heavy atom. The Kier molecular flexibility index (Phi) is 4.82. The molecule has 0 bridgehead atoms. The minimum absolute atomic E-state index is 0.0659. The second-order valence-corrected chi connectivity index (χ2v) is 7.05. The normalized spacial score (nSPS) is 28.0. The van der Waals surface area contributed by atoms with Crippen molar-refractivity contribution in [2.24, 2.45) is 10.4 Å². The predicted molar refractivity (Wildman–Crippen MR) is 92.6 cm³/mol. The van der Waals surface area contributed by atoms with E-state index in [0.717, 1.165) is 44.2 Å². The number of aliphatic imine (C=N–C) groups is 1. The SMILES string of the molecule is CCCCc1ccc2c(c1)/C(=N\C#N)[C@]1(CC[C@H](OC)CC1)C2. The molecule has 2 aliphatic carbocycles. The maximum absolute atomic E-state index is 9.21. The minimum Gasteiger partial charge on any atom is -0.381 e. The molecule has 1 fully saturated rings. The number of benzene rings is 1. The van der Waals surface area contributed by atoms with Gasteiger partial charge in [0.1, 0.15) is 0 Å². The molecule has 2 aliphatic rings. The lowest BCUT2D eigenvalue weighted by atomic mass is 9.70. The van der Waals surface area contributed by atoms with Gasteiger partial charge in [0.15, 0.2) is 0 Å². The minimum atomic E-state index is 0.0659. The largest absolute Gasteiger partial charge is 0.381 e. The standard InChI is InChI=1S/C20H26N2O/c1-3-4-5-15-6-7-16-13-20(10-8-17(23-2)9-11-20)19(22-14-21)18(16)12-15/h6-7,12,17H,3-5,8-11,13H2,1-2H3/b22-19+/t17-,20-. The number of hydrogen-bond acceptors (Lipinski definition) is 3. The van der Waals surface area contributed by atoms with Gasteiger partial charge in [-0.05, 0) is 62.1 Å². The van der Waals surface area contributed by atoms with E-state index in [-0.39, 0.29) is 5.41 Å². The molecule has 0 radical (unpaired) electrons. The first kappa shape index (κ1) is 16.2. The molecule has 3 nitrogen and oxygen atoms in total. The highest BCUT2D eigenvalue weighted by Gasteiger charge is 2.45. The molecule has 23 heavy (non-hydrogen) atoms. The molecule has 0 unspecified atom stereocenters. The van der Waals surface area contributed by atoms with Gasteiger partial charge in [0.25, 0.3) is 0 Å².